The fourth-order valence-corrected chi connectivity index (χ4v) is 20.3. The highest BCUT2D eigenvalue weighted by atomic mass is 28.3. The predicted octanol–water partition coefficient (Wildman–Crippen LogP) is 7.85. The molecule has 4 heterocycles. The second-order valence-corrected chi connectivity index (χ2v) is 24.9. The molecule has 0 unspecified atom stereocenters. The van der Waals surface area contributed by atoms with Gasteiger partial charge in [0.05, 0.1) is 22.4 Å². The zero-order chi connectivity index (χ0) is 46.0. The average Bonchev–Trinajstić information content (AvgIpc) is 3.76. The summed E-state index contributed by atoms with van der Waals surface area (Å²) in [5, 5.41) is 12.4. The van der Waals surface area contributed by atoms with Gasteiger partial charge in [0.15, 0.2) is 16.1 Å². The smallest absolute Gasteiger partial charge is 0.237 e. The maximum absolute atomic E-state index is 4.89. The van der Waals surface area contributed by atoms with Crippen LogP contribution in [-0.4, -0.2) is 45.6 Å². The van der Waals surface area contributed by atoms with E-state index in [-0.39, 0.29) is 0 Å². The number of aromatic nitrogens is 6. The molecule has 4 aromatic heterocycles. The van der Waals surface area contributed by atoms with Crippen molar-refractivity contribution in [2.45, 2.75) is 0 Å². The summed E-state index contributed by atoms with van der Waals surface area (Å²) in [5.74, 6) is 0.562. The minimum Gasteiger partial charge on any atom is -0.278 e. The van der Waals surface area contributed by atoms with E-state index in [9.17, 15) is 0 Å². The van der Waals surface area contributed by atoms with Gasteiger partial charge in [0.1, 0.15) is 12.7 Å². The minimum absolute atomic E-state index is 0.562. The first-order valence-electron chi connectivity index (χ1n) is 23.2. The Bertz CT molecular complexity index is 3400. The van der Waals surface area contributed by atoms with Gasteiger partial charge in [-0.05, 0) is 77.9 Å². The molecule has 12 aromatic rings. The van der Waals surface area contributed by atoms with Gasteiger partial charge in [-0.3, -0.25) is 14.5 Å². The topological polar surface area (TPSA) is 69.4 Å². The number of pyridine rings is 2. The third-order valence-corrected chi connectivity index (χ3v) is 23.2. The summed E-state index contributed by atoms with van der Waals surface area (Å²) in [6, 6.07) is 88.9. The Kier molecular flexibility index (Phi) is 10.8. The molecule has 0 saturated carbocycles. The predicted molar refractivity (Wildman–Crippen MR) is 288 cm³/mol. The van der Waals surface area contributed by atoms with E-state index in [1.165, 1.54) is 41.5 Å². The first kappa shape index (κ1) is 41.7. The van der Waals surface area contributed by atoms with Crippen molar-refractivity contribution in [3.63, 3.8) is 0 Å². The third kappa shape index (κ3) is 7.13. The summed E-state index contributed by atoms with van der Waals surface area (Å²) in [6.45, 7) is 0. The standard InChI is InChI=1S/C61H44N6Si2/c1-5-21-47(22-6-1)68(48-23-7-2-8-24-48,51-29-17-19-45(39-51)57-31-13-15-37-63-57)53-33-35-55-56-36-34-54(42-60(56)67(59(55)41-53)61-65-43-62-44-66-61)69(49-25-9-3-10-26-49,50-27-11-4-12-28-50)52-30-18-20-46(40-52)58-32-14-16-38-64-58/h1-44H. The van der Waals surface area contributed by atoms with E-state index in [1.807, 2.05) is 24.5 Å². The van der Waals surface area contributed by atoms with Crippen molar-refractivity contribution >= 4 is 79.4 Å². The monoisotopic (exact) mass is 916 g/mol. The van der Waals surface area contributed by atoms with Crippen LogP contribution in [0.5, 0.6) is 0 Å². The normalized spacial score (nSPS) is 11.8. The Hall–Kier alpha value is -8.70. The first-order chi connectivity index (χ1) is 34.2. The molecule has 0 radical (unpaired) electrons. The van der Waals surface area contributed by atoms with Gasteiger partial charge < -0.3 is 0 Å². The van der Waals surface area contributed by atoms with Crippen molar-refractivity contribution < 1.29 is 0 Å². The van der Waals surface area contributed by atoms with Crippen LogP contribution in [0.4, 0.5) is 0 Å². The highest BCUT2D eigenvalue weighted by Crippen LogP contribution is 2.32. The molecule has 326 valence electrons. The van der Waals surface area contributed by atoms with Gasteiger partial charge in [-0.25, -0.2) is 15.0 Å². The molecule has 0 bridgehead atoms. The molecule has 12 rings (SSSR count). The Morgan fingerprint density at radius 1 is 0.290 bits per heavy atom. The lowest BCUT2D eigenvalue weighted by Crippen LogP contribution is -2.74. The van der Waals surface area contributed by atoms with Crippen molar-refractivity contribution in [3.05, 3.63) is 268 Å². The number of hydrogen-bond donors (Lipinski definition) is 0. The van der Waals surface area contributed by atoms with Crippen LogP contribution < -0.4 is 41.5 Å². The maximum Gasteiger partial charge on any atom is 0.237 e. The molecular weight excluding hydrogens is 873 g/mol. The Balaban J connectivity index is 1.17. The number of benzene rings is 8. The van der Waals surface area contributed by atoms with E-state index in [2.05, 4.69) is 240 Å². The van der Waals surface area contributed by atoms with Crippen LogP contribution in [-0.2, 0) is 0 Å². The summed E-state index contributed by atoms with van der Waals surface area (Å²) < 4.78 is 2.26. The molecule has 0 aliphatic rings. The van der Waals surface area contributed by atoms with Crippen molar-refractivity contribution in [1.29, 1.82) is 0 Å². The van der Waals surface area contributed by atoms with Crippen LogP contribution in [0.2, 0.25) is 0 Å². The van der Waals surface area contributed by atoms with Crippen LogP contribution in [0.1, 0.15) is 0 Å². The van der Waals surface area contributed by atoms with Crippen LogP contribution in [0.15, 0.2) is 268 Å². The lowest BCUT2D eigenvalue weighted by Gasteiger charge is -2.35. The van der Waals surface area contributed by atoms with Gasteiger partial charge in [-0.1, -0.05) is 206 Å². The fraction of sp³-hybridized carbons (Fsp3) is 0. The Morgan fingerprint density at radius 3 is 1.03 bits per heavy atom. The molecule has 0 atom stereocenters. The van der Waals surface area contributed by atoms with E-state index in [0.717, 1.165) is 44.3 Å². The molecule has 8 aromatic carbocycles. The zero-order valence-electron chi connectivity index (χ0n) is 37.6. The number of hydrogen-bond acceptors (Lipinski definition) is 5. The van der Waals surface area contributed by atoms with Gasteiger partial charge in [0, 0.05) is 34.3 Å². The van der Waals surface area contributed by atoms with E-state index in [1.54, 1.807) is 12.7 Å². The quantitative estimate of drug-likeness (QED) is 0.0978. The van der Waals surface area contributed by atoms with Crippen LogP contribution in [0.25, 0.3) is 50.3 Å². The lowest BCUT2D eigenvalue weighted by atomic mass is 10.1. The van der Waals surface area contributed by atoms with Gasteiger partial charge in [-0.15, -0.1) is 0 Å². The molecule has 0 saturated heterocycles. The van der Waals surface area contributed by atoms with Crippen LogP contribution >= 0.6 is 0 Å². The molecule has 0 fully saturated rings. The SMILES string of the molecule is c1ccc([Si](c2ccccc2)(c2cccc(-c3ccccn3)c2)c2ccc3c4ccc([Si](c5ccccc5)(c5ccccc5)c5cccc(-c6ccccn6)c5)cc4n(-c4ncncn4)c3c2)cc1. The van der Waals surface area contributed by atoms with E-state index < -0.39 is 16.1 Å². The summed E-state index contributed by atoms with van der Waals surface area (Å²) in [4.78, 5) is 23.7. The number of fused-ring (bicyclic) bond motifs is 3. The van der Waals surface area contributed by atoms with E-state index in [0.29, 0.717) is 5.95 Å². The largest absolute Gasteiger partial charge is 0.278 e. The van der Waals surface area contributed by atoms with Crippen molar-refractivity contribution in [2.24, 2.45) is 0 Å². The first-order valence-corrected chi connectivity index (χ1v) is 27.2. The molecule has 0 aliphatic carbocycles. The minimum atomic E-state index is -3.05. The average molecular weight is 917 g/mol. The second kappa shape index (κ2) is 17.8. The molecule has 6 nitrogen and oxygen atoms in total. The highest BCUT2D eigenvalue weighted by molar-refractivity contribution is 7.20. The molecule has 69 heavy (non-hydrogen) atoms. The summed E-state index contributed by atoms with van der Waals surface area (Å²) in [6.07, 6.45) is 6.93. The van der Waals surface area contributed by atoms with Gasteiger partial charge >= 0.3 is 0 Å². The molecule has 0 aliphatic heterocycles. The number of rotatable bonds is 11. The summed E-state index contributed by atoms with van der Waals surface area (Å²) in [7, 11) is -6.11. The van der Waals surface area contributed by atoms with Crippen LogP contribution in [0, 0.1) is 0 Å². The Labute approximate surface area is 403 Å². The second-order valence-electron chi connectivity index (χ2n) is 17.3. The molecule has 0 spiro atoms. The molecule has 0 amide bonds. The highest BCUT2D eigenvalue weighted by Gasteiger charge is 2.44. The lowest BCUT2D eigenvalue weighted by molar-refractivity contribution is 0.940. The molecule has 8 heteroatoms. The fourth-order valence-electron chi connectivity index (χ4n) is 10.7. The van der Waals surface area contributed by atoms with Crippen molar-refractivity contribution in [2.75, 3.05) is 0 Å². The van der Waals surface area contributed by atoms with Crippen LogP contribution in [0.3, 0.4) is 0 Å². The zero-order valence-corrected chi connectivity index (χ0v) is 39.6. The Morgan fingerprint density at radius 2 is 0.652 bits per heavy atom. The van der Waals surface area contributed by atoms with E-state index >= 15 is 0 Å². The summed E-state index contributed by atoms with van der Waals surface area (Å²) in [5.41, 5.74) is 6.11. The third-order valence-electron chi connectivity index (χ3n) is 13.7. The van der Waals surface area contributed by atoms with Crippen molar-refractivity contribution in [3.8, 4) is 28.5 Å². The van der Waals surface area contributed by atoms with Gasteiger partial charge in [-0.2, -0.15) is 0 Å². The van der Waals surface area contributed by atoms with Gasteiger partial charge in [0.2, 0.25) is 5.95 Å². The maximum atomic E-state index is 4.89. The molecular formula is C61H44N6Si2. The van der Waals surface area contributed by atoms with Crippen molar-refractivity contribution in [1.82, 2.24) is 29.5 Å². The van der Waals surface area contributed by atoms with E-state index in [4.69, 9.17) is 19.9 Å². The molecule has 0 N–H and O–H groups in total. The van der Waals surface area contributed by atoms with Gasteiger partial charge in [0.25, 0.3) is 0 Å². The summed E-state index contributed by atoms with van der Waals surface area (Å²) >= 11 is 0. The number of nitrogens with zero attached hydrogens (tertiary/aromatic N) is 6.